The summed E-state index contributed by atoms with van der Waals surface area (Å²) in [4.78, 5) is 12.9. The van der Waals surface area contributed by atoms with Gasteiger partial charge in [-0.25, -0.2) is 0 Å². The number of aliphatic hydroxyl groups excluding tert-OH is 1. The standard InChI is InChI=1S/C12H13NO2/c1-9-7-11(14)13(12(9)15)8-10-5-3-2-4-6-10/h2-7,12,15H,8H2,1H3/t12-/m1/s1. The molecule has 1 amide bonds. The van der Waals surface area contributed by atoms with Gasteiger partial charge in [-0.1, -0.05) is 30.3 Å². The molecular formula is C12H13NO2. The molecule has 1 N–H and O–H groups in total. The molecule has 1 heterocycles. The first-order valence-corrected chi connectivity index (χ1v) is 4.89. The van der Waals surface area contributed by atoms with Gasteiger partial charge in [0, 0.05) is 12.6 Å². The Labute approximate surface area is 88.6 Å². The van der Waals surface area contributed by atoms with Gasteiger partial charge in [-0.05, 0) is 18.1 Å². The topological polar surface area (TPSA) is 40.5 Å². The summed E-state index contributed by atoms with van der Waals surface area (Å²) in [6, 6.07) is 9.64. The zero-order valence-corrected chi connectivity index (χ0v) is 8.55. The first-order chi connectivity index (χ1) is 7.18. The minimum absolute atomic E-state index is 0.121. The molecule has 15 heavy (non-hydrogen) atoms. The van der Waals surface area contributed by atoms with E-state index in [2.05, 4.69) is 0 Å². The Morgan fingerprint density at radius 3 is 2.53 bits per heavy atom. The zero-order chi connectivity index (χ0) is 10.8. The summed E-state index contributed by atoms with van der Waals surface area (Å²) >= 11 is 0. The van der Waals surface area contributed by atoms with Gasteiger partial charge in [0.15, 0.2) is 6.23 Å². The number of carbonyl (C=O) groups excluding carboxylic acids is 1. The Hall–Kier alpha value is -1.61. The number of nitrogens with zero attached hydrogens (tertiary/aromatic N) is 1. The van der Waals surface area contributed by atoms with E-state index in [-0.39, 0.29) is 5.91 Å². The molecule has 1 aromatic carbocycles. The minimum Gasteiger partial charge on any atom is -0.369 e. The average molecular weight is 203 g/mol. The second-order valence-corrected chi connectivity index (χ2v) is 3.71. The third kappa shape index (κ3) is 1.92. The highest BCUT2D eigenvalue weighted by molar-refractivity contribution is 5.91. The van der Waals surface area contributed by atoms with E-state index in [9.17, 15) is 9.90 Å². The fraction of sp³-hybridized carbons (Fsp3) is 0.250. The normalized spacial score (nSPS) is 20.7. The van der Waals surface area contributed by atoms with Crippen molar-refractivity contribution < 1.29 is 9.90 Å². The molecule has 0 saturated heterocycles. The van der Waals surface area contributed by atoms with Gasteiger partial charge in [-0.15, -0.1) is 0 Å². The first-order valence-electron chi connectivity index (χ1n) is 4.89. The molecule has 1 aromatic rings. The van der Waals surface area contributed by atoms with Crippen LogP contribution in [0.2, 0.25) is 0 Å². The molecule has 1 atom stereocenters. The van der Waals surface area contributed by atoms with Gasteiger partial charge in [-0.3, -0.25) is 4.79 Å². The maximum atomic E-state index is 11.5. The SMILES string of the molecule is CC1=CC(=O)N(Cc2ccccc2)[C@@H]1O. The van der Waals surface area contributed by atoms with Crippen LogP contribution in [0.3, 0.4) is 0 Å². The quantitative estimate of drug-likeness (QED) is 0.787. The zero-order valence-electron chi connectivity index (χ0n) is 8.55. The molecular weight excluding hydrogens is 190 g/mol. The highest BCUT2D eigenvalue weighted by Crippen LogP contribution is 2.19. The second-order valence-electron chi connectivity index (χ2n) is 3.71. The lowest BCUT2D eigenvalue weighted by atomic mass is 10.2. The maximum absolute atomic E-state index is 11.5. The highest BCUT2D eigenvalue weighted by Gasteiger charge is 2.28. The first kappa shape index (κ1) is 9.93. The minimum atomic E-state index is -0.766. The van der Waals surface area contributed by atoms with Crippen LogP contribution in [-0.2, 0) is 11.3 Å². The van der Waals surface area contributed by atoms with Crippen LogP contribution in [0.1, 0.15) is 12.5 Å². The van der Waals surface area contributed by atoms with Crippen LogP contribution in [0, 0.1) is 0 Å². The van der Waals surface area contributed by atoms with Crippen molar-refractivity contribution in [2.45, 2.75) is 19.7 Å². The van der Waals surface area contributed by atoms with Gasteiger partial charge < -0.3 is 10.0 Å². The number of rotatable bonds is 2. The van der Waals surface area contributed by atoms with E-state index in [0.29, 0.717) is 12.1 Å². The predicted octanol–water partition coefficient (Wildman–Crippen LogP) is 1.29. The fourth-order valence-electron chi connectivity index (χ4n) is 1.66. The monoisotopic (exact) mass is 203 g/mol. The van der Waals surface area contributed by atoms with E-state index in [1.807, 2.05) is 30.3 Å². The number of hydrogen-bond acceptors (Lipinski definition) is 2. The number of benzene rings is 1. The van der Waals surface area contributed by atoms with Crippen molar-refractivity contribution in [3.63, 3.8) is 0 Å². The average Bonchev–Trinajstić information content (AvgIpc) is 2.47. The Kier molecular flexibility index (Phi) is 2.56. The summed E-state index contributed by atoms with van der Waals surface area (Å²) < 4.78 is 0. The van der Waals surface area contributed by atoms with Gasteiger partial charge in [0.25, 0.3) is 0 Å². The molecule has 78 valence electrons. The highest BCUT2D eigenvalue weighted by atomic mass is 16.3. The number of aliphatic hydroxyl groups is 1. The summed E-state index contributed by atoms with van der Waals surface area (Å²) in [6.07, 6.45) is 0.714. The smallest absolute Gasteiger partial charge is 0.249 e. The Morgan fingerprint density at radius 2 is 2.00 bits per heavy atom. The van der Waals surface area contributed by atoms with E-state index < -0.39 is 6.23 Å². The van der Waals surface area contributed by atoms with E-state index in [4.69, 9.17) is 0 Å². The van der Waals surface area contributed by atoms with Crippen LogP contribution in [0.5, 0.6) is 0 Å². The molecule has 1 aliphatic heterocycles. The molecule has 0 aromatic heterocycles. The van der Waals surface area contributed by atoms with Gasteiger partial charge >= 0.3 is 0 Å². The molecule has 3 nitrogen and oxygen atoms in total. The summed E-state index contributed by atoms with van der Waals surface area (Å²) in [6.45, 7) is 2.21. The fourth-order valence-corrected chi connectivity index (χ4v) is 1.66. The summed E-state index contributed by atoms with van der Waals surface area (Å²) in [5.41, 5.74) is 1.73. The van der Waals surface area contributed by atoms with Crippen molar-refractivity contribution >= 4 is 5.91 Å². The van der Waals surface area contributed by atoms with E-state index in [1.165, 1.54) is 11.0 Å². The molecule has 0 fully saturated rings. The Bertz CT molecular complexity index is 397. The Balaban J connectivity index is 2.12. The van der Waals surface area contributed by atoms with Crippen LogP contribution in [0.25, 0.3) is 0 Å². The van der Waals surface area contributed by atoms with E-state index in [1.54, 1.807) is 6.92 Å². The third-order valence-electron chi connectivity index (χ3n) is 2.53. The lowest BCUT2D eigenvalue weighted by molar-refractivity contribution is -0.131. The molecule has 0 saturated carbocycles. The van der Waals surface area contributed by atoms with Crippen molar-refractivity contribution in [1.29, 1.82) is 0 Å². The van der Waals surface area contributed by atoms with Gasteiger partial charge in [-0.2, -0.15) is 0 Å². The van der Waals surface area contributed by atoms with E-state index in [0.717, 1.165) is 5.56 Å². The van der Waals surface area contributed by atoms with Gasteiger partial charge in [0.1, 0.15) is 0 Å². The van der Waals surface area contributed by atoms with Crippen LogP contribution in [0.4, 0.5) is 0 Å². The van der Waals surface area contributed by atoms with E-state index >= 15 is 0 Å². The summed E-state index contributed by atoms with van der Waals surface area (Å²) in [5.74, 6) is -0.121. The molecule has 0 spiro atoms. The maximum Gasteiger partial charge on any atom is 0.249 e. The van der Waals surface area contributed by atoms with Crippen molar-refractivity contribution in [3.05, 3.63) is 47.5 Å². The molecule has 2 rings (SSSR count). The Morgan fingerprint density at radius 1 is 1.33 bits per heavy atom. The van der Waals surface area contributed by atoms with Gasteiger partial charge in [0.05, 0.1) is 0 Å². The van der Waals surface area contributed by atoms with Crippen molar-refractivity contribution in [2.75, 3.05) is 0 Å². The molecule has 0 radical (unpaired) electrons. The summed E-state index contributed by atoms with van der Waals surface area (Å²) in [5, 5.41) is 9.73. The van der Waals surface area contributed by atoms with Crippen molar-refractivity contribution in [1.82, 2.24) is 4.90 Å². The number of carbonyl (C=O) groups is 1. The number of hydrogen-bond donors (Lipinski definition) is 1. The van der Waals surface area contributed by atoms with Gasteiger partial charge in [0.2, 0.25) is 5.91 Å². The molecule has 0 aliphatic carbocycles. The van der Waals surface area contributed by atoms with Crippen molar-refractivity contribution in [3.8, 4) is 0 Å². The lowest BCUT2D eigenvalue weighted by Gasteiger charge is -2.21. The second kappa shape index (κ2) is 3.87. The molecule has 0 unspecified atom stereocenters. The van der Waals surface area contributed by atoms with Crippen LogP contribution in [0.15, 0.2) is 42.0 Å². The van der Waals surface area contributed by atoms with Crippen LogP contribution in [-0.4, -0.2) is 22.1 Å². The summed E-state index contributed by atoms with van der Waals surface area (Å²) in [7, 11) is 0. The number of amides is 1. The predicted molar refractivity (Wildman–Crippen MR) is 56.8 cm³/mol. The lowest BCUT2D eigenvalue weighted by Crippen LogP contribution is -2.34. The largest absolute Gasteiger partial charge is 0.369 e. The van der Waals surface area contributed by atoms with Crippen LogP contribution >= 0.6 is 0 Å². The molecule has 1 aliphatic rings. The molecule has 0 bridgehead atoms. The van der Waals surface area contributed by atoms with Crippen LogP contribution < -0.4 is 0 Å². The molecule has 3 heteroatoms. The third-order valence-corrected chi connectivity index (χ3v) is 2.53. The van der Waals surface area contributed by atoms with Crippen molar-refractivity contribution in [2.24, 2.45) is 0 Å².